The molecular weight excluding hydrogens is 480 g/mol. The number of aliphatic hydroxyl groups is 1. The van der Waals surface area contributed by atoms with Crippen LogP contribution in [0, 0.1) is 5.92 Å². The van der Waals surface area contributed by atoms with Crippen LogP contribution in [0.1, 0.15) is 42.0 Å². The van der Waals surface area contributed by atoms with Gasteiger partial charge in [0.1, 0.15) is 13.1 Å². The van der Waals surface area contributed by atoms with Gasteiger partial charge in [-0.1, -0.05) is 67.1 Å². The third kappa shape index (κ3) is 6.33. The van der Waals surface area contributed by atoms with Crippen LogP contribution in [0.2, 0.25) is 0 Å². The molecule has 0 saturated heterocycles. The molecule has 4 rings (SSSR count). The molecule has 0 bridgehead atoms. The van der Waals surface area contributed by atoms with Gasteiger partial charge >= 0.3 is 0 Å². The van der Waals surface area contributed by atoms with Crippen LogP contribution in [-0.4, -0.2) is 48.4 Å². The van der Waals surface area contributed by atoms with E-state index in [0.29, 0.717) is 19.0 Å². The fraction of sp³-hybridized carbons (Fsp3) is 0.444. The second-order valence-corrected chi connectivity index (χ2v) is 9.56. The van der Waals surface area contributed by atoms with Crippen LogP contribution >= 0.6 is 0 Å². The molecule has 1 heterocycles. The number of rotatable bonds is 11. The van der Waals surface area contributed by atoms with Crippen LogP contribution in [0.15, 0.2) is 71.3 Å². The van der Waals surface area contributed by atoms with Gasteiger partial charge in [0, 0.05) is 5.92 Å². The average molecular weight is 515 g/mol. The number of benzene rings is 2. The molecule has 178 valence electrons. The fourth-order valence-corrected chi connectivity index (χ4v) is 4.36. The maximum atomic E-state index is 11.7. The van der Waals surface area contributed by atoms with E-state index < -0.39 is 5.60 Å². The summed E-state index contributed by atoms with van der Waals surface area (Å²) in [6.45, 7) is 2.99. The van der Waals surface area contributed by atoms with Gasteiger partial charge in [0.25, 0.3) is 0 Å². The van der Waals surface area contributed by atoms with Crippen LogP contribution in [-0.2, 0) is 23.3 Å². The van der Waals surface area contributed by atoms with Crippen LogP contribution in [0.25, 0.3) is 0 Å². The van der Waals surface area contributed by atoms with Crippen LogP contribution < -0.4 is 17.0 Å². The van der Waals surface area contributed by atoms with Crippen molar-refractivity contribution in [3.05, 3.63) is 89.6 Å². The predicted molar refractivity (Wildman–Crippen MR) is 125 cm³/mol. The SMILES string of the molecule is C[N+](C)(CCOCCc1ccccc1)Cc1cnc([C@](O)(c2ccccc2)C2CCC2)o1.[Br-]. The molecule has 0 spiro atoms. The molecule has 0 amide bonds. The van der Waals surface area contributed by atoms with Gasteiger partial charge < -0.3 is 35.7 Å². The van der Waals surface area contributed by atoms with E-state index in [1.807, 2.05) is 36.4 Å². The molecule has 0 aliphatic heterocycles. The van der Waals surface area contributed by atoms with E-state index in [9.17, 15) is 5.11 Å². The Labute approximate surface area is 207 Å². The maximum absolute atomic E-state index is 11.7. The zero-order chi connectivity index (χ0) is 22.4. The number of likely N-dealkylation sites (N-methyl/N-ethyl adjacent to an activating group) is 1. The zero-order valence-corrected chi connectivity index (χ0v) is 21.2. The summed E-state index contributed by atoms with van der Waals surface area (Å²) in [4.78, 5) is 4.54. The summed E-state index contributed by atoms with van der Waals surface area (Å²) in [5.74, 6) is 1.36. The van der Waals surface area contributed by atoms with Crippen LogP contribution in [0.5, 0.6) is 0 Å². The van der Waals surface area contributed by atoms with Crippen molar-refractivity contribution < 1.29 is 35.7 Å². The van der Waals surface area contributed by atoms with Gasteiger partial charge in [-0.3, -0.25) is 0 Å². The Bertz CT molecular complexity index is 973. The first-order chi connectivity index (χ1) is 15.5. The van der Waals surface area contributed by atoms with Gasteiger partial charge in [0.05, 0.1) is 33.5 Å². The summed E-state index contributed by atoms with van der Waals surface area (Å²) in [5.41, 5.74) is 1.00. The summed E-state index contributed by atoms with van der Waals surface area (Å²) in [5, 5.41) is 11.7. The van der Waals surface area contributed by atoms with Gasteiger partial charge in [0.15, 0.2) is 11.4 Å². The third-order valence-electron chi connectivity index (χ3n) is 6.59. The van der Waals surface area contributed by atoms with E-state index in [2.05, 4.69) is 43.3 Å². The van der Waals surface area contributed by atoms with Crippen molar-refractivity contribution >= 4 is 0 Å². The van der Waals surface area contributed by atoms with E-state index in [-0.39, 0.29) is 22.9 Å². The molecule has 2 aromatic carbocycles. The lowest BCUT2D eigenvalue weighted by atomic mass is 9.69. The Balaban J connectivity index is 0.00000306. The highest BCUT2D eigenvalue weighted by atomic mass is 79.9. The van der Waals surface area contributed by atoms with Crippen molar-refractivity contribution in [2.45, 2.75) is 37.8 Å². The first-order valence-electron chi connectivity index (χ1n) is 11.6. The molecule has 1 saturated carbocycles. The van der Waals surface area contributed by atoms with Gasteiger partial charge in [-0.25, -0.2) is 4.98 Å². The lowest BCUT2D eigenvalue weighted by molar-refractivity contribution is -0.904. The molecule has 0 radical (unpaired) electrons. The number of hydrogen-bond donors (Lipinski definition) is 1. The smallest absolute Gasteiger partial charge is 0.231 e. The molecule has 5 nitrogen and oxygen atoms in total. The number of halogens is 1. The zero-order valence-electron chi connectivity index (χ0n) is 19.6. The normalized spacial score (nSPS) is 16.0. The summed E-state index contributed by atoms with van der Waals surface area (Å²) in [6, 6.07) is 20.2. The van der Waals surface area contributed by atoms with E-state index in [4.69, 9.17) is 9.15 Å². The van der Waals surface area contributed by atoms with Crippen LogP contribution in [0.4, 0.5) is 0 Å². The summed E-state index contributed by atoms with van der Waals surface area (Å²) in [6.07, 6.45) is 5.83. The number of ether oxygens (including phenoxy) is 1. The number of nitrogens with zero attached hydrogens (tertiary/aromatic N) is 2. The van der Waals surface area contributed by atoms with Gasteiger partial charge in [-0.15, -0.1) is 0 Å². The molecule has 33 heavy (non-hydrogen) atoms. The Kier molecular flexibility index (Phi) is 8.88. The highest BCUT2D eigenvalue weighted by molar-refractivity contribution is 5.30. The van der Waals surface area contributed by atoms with Crippen molar-refractivity contribution in [3.8, 4) is 0 Å². The monoisotopic (exact) mass is 514 g/mol. The second kappa shape index (κ2) is 11.4. The number of oxazole rings is 1. The van der Waals surface area contributed by atoms with Crippen molar-refractivity contribution in [2.24, 2.45) is 5.92 Å². The minimum atomic E-state index is -1.16. The van der Waals surface area contributed by atoms with E-state index in [1.165, 1.54) is 5.56 Å². The van der Waals surface area contributed by atoms with Crippen molar-refractivity contribution in [3.63, 3.8) is 0 Å². The number of aromatic nitrogens is 1. The van der Waals surface area contributed by atoms with Gasteiger partial charge in [0.2, 0.25) is 5.89 Å². The summed E-state index contributed by atoms with van der Waals surface area (Å²) >= 11 is 0. The third-order valence-corrected chi connectivity index (χ3v) is 6.59. The molecule has 0 unspecified atom stereocenters. The van der Waals surface area contributed by atoms with Crippen molar-refractivity contribution in [1.29, 1.82) is 0 Å². The van der Waals surface area contributed by atoms with Gasteiger partial charge in [-0.05, 0) is 30.4 Å². The fourth-order valence-electron chi connectivity index (χ4n) is 4.36. The Morgan fingerprint density at radius 2 is 1.70 bits per heavy atom. The molecule has 1 fully saturated rings. The van der Waals surface area contributed by atoms with E-state index >= 15 is 0 Å². The summed E-state index contributed by atoms with van der Waals surface area (Å²) < 4.78 is 12.8. The molecule has 1 aromatic heterocycles. The maximum Gasteiger partial charge on any atom is 0.231 e. The quantitative estimate of drug-likeness (QED) is 0.311. The standard InChI is InChI=1S/C27H35N2O3.BrH/c1-29(2,17-19-31-18-16-22-10-5-3-6-11-22)21-25-20-28-26(32-25)27(30,24-14-9-15-24)23-12-7-4-8-13-23;/h3-8,10-13,20,24,30H,9,14-19,21H2,1-2H3;1H/q+1;/p-1/t27-;/m0./s1. The second-order valence-electron chi connectivity index (χ2n) is 9.56. The predicted octanol–water partition coefficient (Wildman–Crippen LogP) is 1.55. The minimum Gasteiger partial charge on any atom is -1.00 e. The Morgan fingerprint density at radius 1 is 1.03 bits per heavy atom. The topological polar surface area (TPSA) is 55.5 Å². The Morgan fingerprint density at radius 3 is 2.33 bits per heavy atom. The van der Waals surface area contributed by atoms with Crippen LogP contribution in [0.3, 0.4) is 0 Å². The highest BCUT2D eigenvalue weighted by Crippen LogP contribution is 2.46. The average Bonchev–Trinajstić information content (AvgIpc) is 3.22. The highest BCUT2D eigenvalue weighted by Gasteiger charge is 2.47. The molecular formula is C27H35BrN2O3. The lowest BCUT2D eigenvalue weighted by Gasteiger charge is -2.39. The van der Waals surface area contributed by atoms with Crippen molar-refractivity contribution in [1.82, 2.24) is 4.98 Å². The first-order valence-corrected chi connectivity index (χ1v) is 11.6. The van der Waals surface area contributed by atoms with Gasteiger partial charge in [-0.2, -0.15) is 0 Å². The largest absolute Gasteiger partial charge is 1.00 e. The van der Waals surface area contributed by atoms with E-state index in [0.717, 1.165) is 54.6 Å². The summed E-state index contributed by atoms with van der Waals surface area (Å²) in [7, 11) is 4.33. The molecule has 1 aliphatic rings. The minimum absolute atomic E-state index is 0. The first kappa shape index (κ1) is 25.6. The Hall–Kier alpha value is -1.99. The molecule has 3 aromatic rings. The lowest BCUT2D eigenvalue weighted by Crippen LogP contribution is -3.00. The number of quaternary nitrogens is 1. The van der Waals surface area contributed by atoms with E-state index in [1.54, 1.807) is 6.20 Å². The molecule has 1 atom stereocenters. The van der Waals surface area contributed by atoms with Crippen molar-refractivity contribution in [2.75, 3.05) is 33.9 Å². The molecule has 6 heteroatoms. The molecule has 1 N–H and O–H groups in total. The number of hydrogen-bond acceptors (Lipinski definition) is 4. The molecule has 1 aliphatic carbocycles.